The minimum atomic E-state index is 0.0292. The highest BCUT2D eigenvalue weighted by molar-refractivity contribution is 5.90. The zero-order valence-corrected chi connectivity index (χ0v) is 12.9. The molecule has 2 N–H and O–H groups in total. The summed E-state index contributed by atoms with van der Waals surface area (Å²) in [7, 11) is 0. The van der Waals surface area contributed by atoms with E-state index in [0.717, 1.165) is 17.9 Å². The maximum atomic E-state index is 11.4. The predicted molar refractivity (Wildman–Crippen MR) is 88.6 cm³/mol. The Morgan fingerprint density at radius 3 is 2.52 bits per heavy atom. The van der Waals surface area contributed by atoms with E-state index in [1.807, 2.05) is 31.2 Å². The Hall–Kier alpha value is -2.29. The average Bonchev–Trinajstić information content (AvgIpc) is 2.46. The molecule has 2 aromatic rings. The smallest absolute Gasteiger partial charge is 0.224 e. The van der Waals surface area contributed by atoms with E-state index in [4.69, 9.17) is 0 Å². The molecule has 0 saturated carbocycles. The zero-order valence-electron chi connectivity index (χ0n) is 12.9. The van der Waals surface area contributed by atoms with E-state index in [-0.39, 0.29) is 5.91 Å². The van der Waals surface area contributed by atoms with Crippen molar-refractivity contribution in [3.63, 3.8) is 0 Å². The summed E-state index contributed by atoms with van der Waals surface area (Å²) in [6.07, 6.45) is 0.486. The normalized spacial score (nSPS) is 10.2. The van der Waals surface area contributed by atoms with Gasteiger partial charge in [-0.1, -0.05) is 36.8 Å². The summed E-state index contributed by atoms with van der Waals surface area (Å²) < 4.78 is 0. The van der Waals surface area contributed by atoms with Crippen LogP contribution in [-0.2, 0) is 11.3 Å². The van der Waals surface area contributed by atoms with Crippen molar-refractivity contribution in [1.29, 1.82) is 0 Å². The molecule has 0 aliphatic heterocycles. The van der Waals surface area contributed by atoms with Gasteiger partial charge in [-0.2, -0.15) is 0 Å². The van der Waals surface area contributed by atoms with E-state index in [9.17, 15) is 4.79 Å². The SMILES string of the molecule is CCC(=O)Nc1cccc(NCc2ccc(C)cc2C)c1. The number of carbonyl (C=O) groups excluding carboxylic acids is 1. The van der Waals surface area contributed by atoms with Crippen LogP contribution in [-0.4, -0.2) is 5.91 Å². The van der Waals surface area contributed by atoms with Crippen molar-refractivity contribution >= 4 is 17.3 Å². The van der Waals surface area contributed by atoms with Crippen molar-refractivity contribution < 1.29 is 4.79 Å². The molecule has 110 valence electrons. The minimum Gasteiger partial charge on any atom is -0.381 e. The highest BCUT2D eigenvalue weighted by atomic mass is 16.1. The van der Waals surface area contributed by atoms with Crippen molar-refractivity contribution in [2.45, 2.75) is 33.7 Å². The largest absolute Gasteiger partial charge is 0.381 e. The summed E-state index contributed by atoms with van der Waals surface area (Å²) in [5, 5.41) is 6.27. The Morgan fingerprint density at radius 2 is 1.81 bits per heavy atom. The molecule has 0 saturated heterocycles. The summed E-state index contributed by atoms with van der Waals surface area (Å²) >= 11 is 0. The third-order valence-corrected chi connectivity index (χ3v) is 3.45. The first kappa shape index (κ1) is 15.1. The first-order valence-electron chi connectivity index (χ1n) is 7.28. The third kappa shape index (κ3) is 4.35. The fourth-order valence-corrected chi connectivity index (χ4v) is 2.20. The molecular weight excluding hydrogens is 260 g/mol. The summed E-state index contributed by atoms with van der Waals surface area (Å²) in [6, 6.07) is 14.3. The first-order valence-corrected chi connectivity index (χ1v) is 7.28. The van der Waals surface area contributed by atoms with E-state index in [0.29, 0.717) is 6.42 Å². The van der Waals surface area contributed by atoms with Gasteiger partial charge in [-0.25, -0.2) is 0 Å². The second-order valence-electron chi connectivity index (χ2n) is 5.27. The van der Waals surface area contributed by atoms with Gasteiger partial charge < -0.3 is 10.6 Å². The van der Waals surface area contributed by atoms with Crippen LogP contribution in [0, 0.1) is 13.8 Å². The number of carbonyl (C=O) groups is 1. The van der Waals surface area contributed by atoms with Crippen LogP contribution in [0.15, 0.2) is 42.5 Å². The molecule has 0 spiro atoms. The Labute approximate surface area is 126 Å². The fraction of sp³-hybridized carbons (Fsp3) is 0.278. The molecule has 2 aromatic carbocycles. The van der Waals surface area contributed by atoms with Crippen LogP contribution in [0.4, 0.5) is 11.4 Å². The molecule has 3 heteroatoms. The van der Waals surface area contributed by atoms with Crippen molar-refractivity contribution in [1.82, 2.24) is 0 Å². The van der Waals surface area contributed by atoms with Crippen LogP contribution in [0.3, 0.4) is 0 Å². The highest BCUT2D eigenvalue weighted by Crippen LogP contribution is 2.17. The monoisotopic (exact) mass is 282 g/mol. The van der Waals surface area contributed by atoms with E-state index < -0.39 is 0 Å². The standard InChI is InChI=1S/C18H22N2O/c1-4-18(21)20-17-7-5-6-16(11-17)19-12-15-9-8-13(2)10-14(15)3/h5-11,19H,4,12H2,1-3H3,(H,20,21). The third-order valence-electron chi connectivity index (χ3n) is 3.45. The topological polar surface area (TPSA) is 41.1 Å². The van der Waals surface area contributed by atoms with Crippen LogP contribution in [0.2, 0.25) is 0 Å². The number of amides is 1. The summed E-state index contributed by atoms with van der Waals surface area (Å²) in [5.41, 5.74) is 5.68. The molecule has 0 aromatic heterocycles. The van der Waals surface area contributed by atoms with Crippen molar-refractivity contribution in [2.75, 3.05) is 10.6 Å². The number of hydrogen-bond acceptors (Lipinski definition) is 2. The Bertz CT molecular complexity index is 635. The number of rotatable bonds is 5. The maximum absolute atomic E-state index is 11.4. The lowest BCUT2D eigenvalue weighted by atomic mass is 10.1. The van der Waals surface area contributed by atoms with E-state index in [2.05, 4.69) is 42.7 Å². The van der Waals surface area contributed by atoms with E-state index >= 15 is 0 Å². The number of aryl methyl sites for hydroxylation is 2. The quantitative estimate of drug-likeness (QED) is 0.860. The molecule has 21 heavy (non-hydrogen) atoms. The summed E-state index contributed by atoms with van der Waals surface area (Å²) in [6.45, 7) is 6.85. The lowest BCUT2D eigenvalue weighted by Gasteiger charge is -2.11. The number of hydrogen-bond donors (Lipinski definition) is 2. The molecule has 0 bridgehead atoms. The van der Waals surface area contributed by atoms with Gasteiger partial charge in [-0.3, -0.25) is 4.79 Å². The number of benzene rings is 2. The maximum Gasteiger partial charge on any atom is 0.224 e. The molecule has 0 heterocycles. The van der Waals surface area contributed by atoms with Gasteiger partial charge in [0.25, 0.3) is 0 Å². The number of anilines is 2. The van der Waals surface area contributed by atoms with Crippen LogP contribution in [0.1, 0.15) is 30.0 Å². The number of nitrogens with one attached hydrogen (secondary N) is 2. The van der Waals surface area contributed by atoms with Crippen molar-refractivity contribution in [3.8, 4) is 0 Å². The van der Waals surface area contributed by atoms with E-state index in [1.165, 1.54) is 16.7 Å². The van der Waals surface area contributed by atoms with Crippen molar-refractivity contribution in [2.24, 2.45) is 0 Å². The summed E-state index contributed by atoms with van der Waals surface area (Å²) in [5.74, 6) is 0.0292. The summed E-state index contributed by atoms with van der Waals surface area (Å²) in [4.78, 5) is 11.4. The Balaban J connectivity index is 2.03. The van der Waals surface area contributed by atoms with E-state index in [1.54, 1.807) is 0 Å². The molecule has 0 unspecified atom stereocenters. The lowest BCUT2D eigenvalue weighted by molar-refractivity contribution is -0.115. The molecule has 1 amide bonds. The van der Waals surface area contributed by atoms with Crippen LogP contribution >= 0.6 is 0 Å². The highest BCUT2D eigenvalue weighted by Gasteiger charge is 2.02. The average molecular weight is 282 g/mol. The predicted octanol–water partition coefficient (Wildman–Crippen LogP) is 4.26. The second kappa shape index (κ2) is 6.93. The van der Waals surface area contributed by atoms with Gasteiger partial charge in [-0.05, 0) is 43.2 Å². The Kier molecular flexibility index (Phi) is 4.99. The fourth-order valence-electron chi connectivity index (χ4n) is 2.20. The van der Waals surface area contributed by atoms with Gasteiger partial charge in [-0.15, -0.1) is 0 Å². The molecule has 0 fully saturated rings. The van der Waals surface area contributed by atoms with Crippen LogP contribution < -0.4 is 10.6 Å². The van der Waals surface area contributed by atoms with Gasteiger partial charge in [0.2, 0.25) is 5.91 Å². The molecule has 0 aliphatic rings. The van der Waals surface area contributed by atoms with Gasteiger partial charge in [0.1, 0.15) is 0 Å². The molecule has 0 aliphatic carbocycles. The van der Waals surface area contributed by atoms with Gasteiger partial charge >= 0.3 is 0 Å². The van der Waals surface area contributed by atoms with Gasteiger partial charge in [0.05, 0.1) is 0 Å². The van der Waals surface area contributed by atoms with Crippen molar-refractivity contribution in [3.05, 3.63) is 59.2 Å². The van der Waals surface area contributed by atoms with Crippen LogP contribution in [0.5, 0.6) is 0 Å². The minimum absolute atomic E-state index is 0.0292. The molecule has 2 rings (SSSR count). The molecular formula is C18H22N2O. The van der Waals surface area contributed by atoms with Gasteiger partial charge in [0.15, 0.2) is 0 Å². The zero-order chi connectivity index (χ0) is 15.2. The van der Waals surface area contributed by atoms with Gasteiger partial charge in [0, 0.05) is 24.3 Å². The molecule has 3 nitrogen and oxygen atoms in total. The Morgan fingerprint density at radius 1 is 1.05 bits per heavy atom. The van der Waals surface area contributed by atoms with Crippen LogP contribution in [0.25, 0.3) is 0 Å². The molecule has 0 atom stereocenters. The lowest BCUT2D eigenvalue weighted by Crippen LogP contribution is -2.09. The first-order chi connectivity index (χ1) is 10.1. The second-order valence-corrected chi connectivity index (χ2v) is 5.27. The molecule has 0 radical (unpaired) electrons.